The van der Waals surface area contributed by atoms with Crippen LogP contribution in [0.4, 0.5) is 5.69 Å². The molecule has 0 radical (unpaired) electrons. The summed E-state index contributed by atoms with van der Waals surface area (Å²) in [7, 11) is 3.44. The number of nitrogens with one attached hydrogen (secondary N) is 1. The number of rotatable bonds is 9. The molecule has 2 aliphatic rings. The zero-order valence-corrected chi connectivity index (χ0v) is 20.9. The van der Waals surface area contributed by atoms with E-state index in [0.717, 1.165) is 37.2 Å². The second-order valence-electron chi connectivity index (χ2n) is 10.0. The summed E-state index contributed by atoms with van der Waals surface area (Å²) < 4.78 is 11.1. The highest BCUT2D eigenvalue weighted by molar-refractivity contribution is 5.92. The van der Waals surface area contributed by atoms with Crippen molar-refractivity contribution in [3.05, 3.63) is 60.2 Å². The van der Waals surface area contributed by atoms with Gasteiger partial charge in [0.15, 0.2) is 0 Å². The van der Waals surface area contributed by atoms with Crippen molar-refractivity contribution in [1.29, 1.82) is 0 Å². The Morgan fingerprint density at radius 3 is 2.68 bits per heavy atom. The Morgan fingerprint density at radius 2 is 1.94 bits per heavy atom. The standard InChI is InChI=1S/C29H40N2O3/c1-4-22-19-31-15-9-11-23(16-21-10-8-14-25(17-21)34-3)28(31)18-26(22)27(20-33-2)29(32)30-24-12-6-5-7-13-24/h5-8,10,12-14,17,22-23,26-28H,4,9,11,15-16,18-20H2,1-3H3,(H,30,32)/t22?,23?,26-,27?,28-/m0/s1. The first kappa shape index (κ1) is 24.7. The first-order chi connectivity index (χ1) is 16.6. The molecule has 0 bridgehead atoms. The molecule has 2 saturated heterocycles. The molecule has 2 aromatic rings. The van der Waals surface area contributed by atoms with Gasteiger partial charge in [0, 0.05) is 25.4 Å². The predicted molar refractivity (Wildman–Crippen MR) is 137 cm³/mol. The number of hydrogen-bond acceptors (Lipinski definition) is 4. The number of para-hydroxylation sites is 1. The number of carbonyl (C=O) groups excluding carboxylic acids is 1. The summed E-state index contributed by atoms with van der Waals surface area (Å²) in [6, 6.07) is 18.8. The summed E-state index contributed by atoms with van der Waals surface area (Å²) >= 11 is 0. The van der Waals surface area contributed by atoms with E-state index in [0.29, 0.717) is 30.4 Å². The zero-order chi connectivity index (χ0) is 23.9. The molecular formula is C29H40N2O3. The van der Waals surface area contributed by atoms with E-state index >= 15 is 0 Å². The monoisotopic (exact) mass is 464 g/mol. The van der Waals surface area contributed by atoms with E-state index in [4.69, 9.17) is 9.47 Å². The van der Waals surface area contributed by atoms with Gasteiger partial charge in [0.1, 0.15) is 5.75 Å². The summed E-state index contributed by atoms with van der Waals surface area (Å²) in [5.74, 6) is 2.30. The van der Waals surface area contributed by atoms with Gasteiger partial charge in [-0.3, -0.25) is 9.69 Å². The van der Waals surface area contributed by atoms with E-state index in [1.807, 2.05) is 36.4 Å². The molecule has 1 amide bonds. The number of anilines is 1. The van der Waals surface area contributed by atoms with E-state index in [-0.39, 0.29) is 11.8 Å². The highest BCUT2D eigenvalue weighted by atomic mass is 16.5. The highest BCUT2D eigenvalue weighted by Gasteiger charge is 2.44. The maximum Gasteiger partial charge on any atom is 0.230 e. The number of fused-ring (bicyclic) bond motifs is 1. The molecule has 2 aliphatic heterocycles. The number of amides is 1. The van der Waals surface area contributed by atoms with Gasteiger partial charge in [-0.25, -0.2) is 0 Å². The Bertz CT molecular complexity index is 919. The van der Waals surface area contributed by atoms with Gasteiger partial charge in [0.05, 0.1) is 19.6 Å². The quantitative estimate of drug-likeness (QED) is 0.550. The van der Waals surface area contributed by atoms with Crippen LogP contribution in [-0.4, -0.2) is 50.8 Å². The van der Waals surface area contributed by atoms with E-state index < -0.39 is 0 Å². The molecule has 1 N–H and O–H groups in total. The number of piperidine rings is 2. The third-order valence-corrected chi connectivity index (χ3v) is 8.02. The molecule has 5 nitrogen and oxygen atoms in total. The van der Waals surface area contributed by atoms with Crippen LogP contribution in [0.1, 0.15) is 38.2 Å². The molecular weight excluding hydrogens is 424 g/mol. The number of benzene rings is 2. The number of carbonyl (C=O) groups is 1. The first-order valence-corrected chi connectivity index (χ1v) is 12.8. The lowest BCUT2D eigenvalue weighted by Crippen LogP contribution is -2.56. The van der Waals surface area contributed by atoms with Crippen molar-refractivity contribution in [2.45, 2.75) is 45.1 Å². The number of nitrogens with zero attached hydrogens (tertiary/aromatic N) is 1. The molecule has 0 aromatic heterocycles. The Labute approximate surface area is 204 Å². The Morgan fingerprint density at radius 1 is 1.12 bits per heavy atom. The molecule has 2 fully saturated rings. The second-order valence-corrected chi connectivity index (χ2v) is 10.0. The van der Waals surface area contributed by atoms with Gasteiger partial charge in [0.2, 0.25) is 5.91 Å². The molecule has 5 heteroatoms. The first-order valence-electron chi connectivity index (χ1n) is 12.8. The average molecular weight is 465 g/mol. The number of hydrogen-bond donors (Lipinski definition) is 1. The molecule has 3 unspecified atom stereocenters. The summed E-state index contributed by atoms with van der Waals surface area (Å²) in [4.78, 5) is 16.2. The minimum atomic E-state index is -0.142. The Balaban J connectivity index is 1.53. The SMILES string of the molecule is CCC1CN2CCCC(Cc3cccc(OC)c3)[C@@H]2C[C@@H]1C(COC)C(=O)Nc1ccccc1. The fourth-order valence-electron chi connectivity index (χ4n) is 6.28. The van der Waals surface area contributed by atoms with E-state index in [1.165, 1.54) is 24.9 Å². The third kappa shape index (κ3) is 5.81. The lowest BCUT2D eigenvalue weighted by Gasteiger charge is -2.51. The van der Waals surface area contributed by atoms with Crippen molar-refractivity contribution < 1.29 is 14.3 Å². The van der Waals surface area contributed by atoms with Gasteiger partial charge in [0.25, 0.3) is 0 Å². The molecule has 184 valence electrons. The summed E-state index contributed by atoms with van der Waals surface area (Å²) in [6.45, 7) is 4.99. The van der Waals surface area contributed by atoms with Crippen LogP contribution >= 0.6 is 0 Å². The van der Waals surface area contributed by atoms with Crippen molar-refractivity contribution in [3.63, 3.8) is 0 Å². The molecule has 0 aliphatic carbocycles. The molecule has 34 heavy (non-hydrogen) atoms. The average Bonchev–Trinajstić information content (AvgIpc) is 2.87. The van der Waals surface area contributed by atoms with Crippen molar-refractivity contribution in [2.75, 3.05) is 39.2 Å². The highest BCUT2D eigenvalue weighted by Crippen LogP contribution is 2.42. The fraction of sp³-hybridized carbons (Fsp3) is 0.552. The maximum absolute atomic E-state index is 13.4. The van der Waals surface area contributed by atoms with Gasteiger partial charge in [-0.2, -0.15) is 0 Å². The van der Waals surface area contributed by atoms with Crippen LogP contribution in [-0.2, 0) is 16.0 Å². The summed E-state index contributed by atoms with van der Waals surface area (Å²) in [6.07, 6.45) is 5.71. The van der Waals surface area contributed by atoms with Crippen molar-refractivity contribution in [3.8, 4) is 5.75 Å². The molecule has 5 atom stereocenters. The zero-order valence-electron chi connectivity index (χ0n) is 20.9. The van der Waals surface area contributed by atoms with Gasteiger partial charge < -0.3 is 14.8 Å². The number of methoxy groups -OCH3 is 2. The fourth-order valence-corrected chi connectivity index (χ4v) is 6.28. The van der Waals surface area contributed by atoms with Crippen LogP contribution in [0.25, 0.3) is 0 Å². The minimum absolute atomic E-state index is 0.0881. The van der Waals surface area contributed by atoms with Crippen molar-refractivity contribution in [2.24, 2.45) is 23.7 Å². The molecule has 0 spiro atoms. The van der Waals surface area contributed by atoms with Crippen molar-refractivity contribution in [1.82, 2.24) is 4.90 Å². The van der Waals surface area contributed by atoms with Gasteiger partial charge in [-0.1, -0.05) is 43.7 Å². The third-order valence-electron chi connectivity index (χ3n) is 8.02. The summed E-state index contributed by atoms with van der Waals surface area (Å²) in [5, 5.41) is 3.16. The molecule has 0 saturated carbocycles. The van der Waals surface area contributed by atoms with Crippen LogP contribution in [0, 0.1) is 23.7 Å². The topological polar surface area (TPSA) is 50.8 Å². The van der Waals surface area contributed by atoms with Gasteiger partial charge in [-0.15, -0.1) is 0 Å². The molecule has 2 heterocycles. The minimum Gasteiger partial charge on any atom is -0.497 e. The van der Waals surface area contributed by atoms with Crippen LogP contribution in [0.3, 0.4) is 0 Å². The van der Waals surface area contributed by atoms with Crippen molar-refractivity contribution >= 4 is 11.6 Å². The largest absolute Gasteiger partial charge is 0.497 e. The van der Waals surface area contributed by atoms with E-state index in [1.54, 1.807) is 14.2 Å². The second kappa shape index (κ2) is 11.9. The van der Waals surface area contributed by atoms with E-state index in [9.17, 15) is 4.79 Å². The van der Waals surface area contributed by atoms with Gasteiger partial charge in [-0.05, 0) is 79.8 Å². The smallest absolute Gasteiger partial charge is 0.230 e. The maximum atomic E-state index is 13.4. The predicted octanol–water partition coefficient (Wildman–Crippen LogP) is 5.27. The summed E-state index contributed by atoms with van der Waals surface area (Å²) in [5.41, 5.74) is 2.20. The lowest BCUT2D eigenvalue weighted by molar-refractivity contribution is -0.127. The van der Waals surface area contributed by atoms with Crippen LogP contribution in [0.15, 0.2) is 54.6 Å². The molecule has 4 rings (SSSR count). The Hall–Kier alpha value is -2.37. The number of ether oxygens (including phenoxy) is 2. The van der Waals surface area contributed by atoms with Gasteiger partial charge >= 0.3 is 0 Å². The molecule has 2 aromatic carbocycles. The van der Waals surface area contributed by atoms with Crippen LogP contribution in [0.5, 0.6) is 5.75 Å². The normalized spacial score (nSPS) is 25.9. The van der Waals surface area contributed by atoms with Crippen LogP contribution in [0.2, 0.25) is 0 Å². The lowest BCUT2D eigenvalue weighted by atomic mass is 9.68. The Kier molecular flexibility index (Phi) is 8.63. The van der Waals surface area contributed by atoms with Crippen LogP contribution < -0.4 is 10.1 Å². The van der Waals surface area contributed by atoms with E-state index in [2.05, 4.69) is 35.3 Å².